The van der Waals surface area contributed by atoms with Crippen molar-refractivity contribution in [3.8, 4) is 11.8 Å². The summed E-state index contributed by atoms with van der Waals surface area (Å²) in [6.45, 7) is 4.26. The smallest absolute Gasteiger partial charge is 0.273 e. The van der Waals surface area contributed by atoms with Crippen LogP contribution in [0.15, 0.2) is 35.1 Å². The van der Waals surface area contributed by atoms with E-state index in [0.29, 0.717) is 12.6 Å². The first-order chi connectivity index (χ1) is 14.8. The standard InChI is InChI=1S/C22H19F2N3O2S2/c1-3-4-9-26-20(28)16(12-25)22-27(18-8-6-14(23)10-17(18)24)21(29)19(31-22)11-15-7-5-13(2)30-15/h5-8,10-11H,3-4,9H2,1-2H3,(H,26,28)/b19-11-,22-16-. The van der Waals surface area contributed by atoms with Crippen molar-refractivity contribution in [1.29, 1.82) is 5.26 Å². The number of hydrogen-bond acceptors (Lipinski definition) is 5. The molecule has 5 nitrogen and oxygen atoms in total. The molecule has 0 saturated heterocycles. The molecule has 31 heavy (non-hydrogen) atoms. The van der Waals surface area contributed by atoms with E-state index in [2.05, 4.69) is 5.32 Å². The Balaban J connectivity index is 2.32. The van der Waals surface area contributed by atoms with Gasteiger partial charge < -0.3 is 5.32 Å². The lowest BCUT2D eigenvalue weighted by Gasteiger charge is -2.06. The number of rotatable bonds is 6. The summed E-state index contributed by atoms with van der Waals surface area (Å²) in [4.78, 5) is 27.6. The van der Waals surface area contributed by atoms with Crippen LogP contribution in [-0.2, 0) is 4.79 Å². The number of nitrogens with one attached hydrogen (secondary N) is 1. The number of aryl methyl sites for hydroxylation is 1. The number of amides is 1. The summed E-state index contributed by atoms with van der Waals surface area (Å²) in [6, 6.07) is 8.37. The summed E-state index contributed by atoms with van der Waals surface area (Å²) < 4.78 is 29.2. The highest BCUT2D eigenvalue weighted by atomic mass is 32.1. The predicted molar refractivity (Wildman–Crippen MR) is 119 cm³/mol. The fraction of sp³-hybridized carbons (Fsp3) is 0.227. The number of aromatic nitrogens is 1. The van der Waals surface area contributed by atoms with Gasteiger partial charge in [0, 0.05) is 22.4 Å². The molecule has 0 aliphatic rings. The van der Waals surface area contributed by atoms with E-state index in [0.717, 1.165) is 50.6 Å². The molecule has 0 unspecified atom stereocenters. The maximum absolute atomic E-state index is 14.6. The molecule has 1 amide bonds. The number of unbranched alkanes of at least 4 members (excludes halogenated alkanes) is 1. The van der Waals surface area contributed by atoms with Crippen LogP contribution in [-0.4, -0.2) is 17.0 Å². The van der Waals surface area contributed by atoms with Crippen LogP contribution in [0.1, 0.15) is 29.5 Å². The molecule has 0 saturated carbocycles. The Kier molecular flexibility index (Phi) is 7.15. The number of carbonyl (C=O) groups excluding carboxylic acids is 1. The van der Waals surface area contributed by atoms with Crippen LogP contribution in [0.25, 0.3) is 17.3 Å². The molecule has 9 heteroatoms. The molecule has 2 aromatic heterocycles. The molecule has 1 N–H and O–H groups in total. The first-order valence-electron chi connectivity index (χ1n) is 9.53. The number of carbonyl (C=O) groups is 1. The summed E-state index contributed by atoms with van der Waals surface area (Å²) in [6.07, 6.45) is 3.22. The Morgan fingerprint density at radius 2 is 2.03 bits per heavy atom. The first kappa shape index (κ1) is 22.6. The van der Waals surface area contributed by atoms with E-state index >= 15 is 0 Å². The van der Waals surface area contributed by atoms with Crippen molar-refractivity contribution < 1.29 is 13.6 Å². The molecule has 2 heterocycles. The maximum atomic E-state index is 14.6. The number of halogens is 2. The molecule has 0 aliphatic heterocycles. The van der Waals surface area contributed by atoms with E-state index in [-0.39, 0.29) is 20.5 Å². The van der Waals surface area contributed by atoms with Gasteiger partial charge in [0.2, 0.25) is 0 Å². The van der Waals surface area contributed by atoms with E-state index in [4.69, 9.17) is 0 Å². The van der Waals surface area contributed by atoms with Gasteiger partial charge in [0.15, 0.2) is 5.57 Å². The van der Waals surface area contributed by atoms with E-state index in [9.17, 15) is 23.6 Å². The minimum absolute atomic E-state index is 0.00784. The van der Waals surface area contributed by atoms with Gasteiger partial charge in [-0.05, 0) is 43.7 Å². The number of thiophene rings is 1. The second kappa shape index (κ2) is 9.81. The molecule has 3 rings (SSSR count). The fourth-order valence-corrected chi connectivity index (χ4v) is 4.84. The lowest BCUT2D eigenvalue weighted by atomic mass is 10.2. The van der Waals surface area contributed by atoms with Crippen molar-refractivity contribution in [2.45, 2.75) is 26.7 Å². The second-order valence-electron chi connectivity index (χ2n) is 6.70. The molecule has 3 aromatic rings. The van der Waals surface area contributed by atoms with Gasteiger partial charge in [-0.15, -0.1) is 22.7 Å². The molecule has 160 valence electrons. The Bertz CT molecular complexity index is 1350. The lowest BCUT2D eigenvalue weighted by molar-refractivity contribution is -0.115. The van der Waals surface area contributed by atoms with E-state index in [1.54, 1.807) is 6.08 Å². The number of nitriles is 1. The van der Waals surface area contributed by atoms with Crippen LogP contribution >= 0.6 is 22.7 Å². The van der Waals surface area contributed by atoms with Crippen molar-refractivity contribution in [1.82, 2.24) is 9.88 Å². The third kappa shape index (κ3) is 4.98. The summed E-state index contributed by atoms with van der Waals surface area (Å²) in [5.41, 5.74) is -1.12. The van der Waals surface area contributed by atoms with Gasteiger partial charge in [-0.25, -0.2) is 8.78 Å². The minimum Gasteiger partial charge on any atom is -0.351 e. The van der Waals surface area contributed by atoms with Crippen molar-refractivity contribution in [3.05, 3.63) is 71.3 Å². The van der Waals surface area contributed by atoms with Gasteiger partial charge in [-0.2, -0.15) is 5.26 Å². The molecule has 1 aromatic carbocycles. The topological polar surface area (TPSA) is 74.9 Å². The van der Waals surface area contributed by atoms with Crippen LogP contribution in [0.3, 0.4) is 0 Å². The molecule has 0 aliphatic carbocycles. The van der Waals surface area contributed by atoms with E-state index in [1.165, 1.54) is 11.3 Å². The normalized spacial score (nSPS) is 12.5. The van der Waals surface area contributed by atoms with Crippen LogP contribution in [0.2, 0.25) is 0 Å². The van der Waals surface area contributed by atoms with Gasteiger partial charge in [-0.1, -0.05) is 13.3 Å². The largest absolute Gasteiger partial charge is 0.351 e. The van der Waals surface area contributed by atoms with Crippen LogP contribution in [0, 0.1) is 29.9 Å². The van der Waals surface area contributed by atoms with Crippen LogP contribution < -0.4 is 20.1 Å². The molecule has 0 spiro atoms. The number of nitrogens with zero attached hydrogens (tertiary/aromatic N) is 2. The Labute approximate surface area is 185 Å². The zero-order valence-electron chi connectivity index (χ0n) is 16.9. The highest BCUT2D eigenvalue weighted by Crippen LogP contribution is 2.16. The summed E-state index contributed by atoms with van der Waals surface area (Å²) in [7, 11) is 0. The van der Waals surface area contributed by atoms with Crippen molar-refractivity contribution in [2.75, 3.05) is 6.54 Å². The van der Waals surface area contributed by atoms with Gasteiger partial charge in [0.25, 0.3) is 11.5 Å². The molecule has 0 bridgehead atoms. The molecular weight excluding hydrogens is 440 g/mol. The minimum atomic E-state index is -0.969. The zero-order valence-corrected chi connectivity index (χ0v) is 18.5. The Morgan fingerprint density at radius 1 is 1.26 bits per heavy atom. The highest BCUT2D eigenvalue weighted by molar-refractivity contribution is 7.13. The van der Waals surface area contributed by atoms with Crippen molar-refractivity contribution in [3.63, 3.8) is 0 Å². The third-order valence-electron chi connectivity index (χ3n) is 4.38. The van der Waals surface area contributed by atoms with Crippen molar-refractivity contribution in [2.24, 2.45) is 0 Å². The van der Waals surface area contributed by atoms with Gasteiger partial charge in [0.1, 0.15) is 22.4 Å². The summed E-state index contributed by atoms with van der Waals surface area (Å²) >= 11 is 2.39. The first-order valence-corrected chi connectivity index (χ1v) is 11.2. The van der Waals surface area contributed by atoms with E-state index in [1.807, 2.05) is 32.0 Å². The molecule has 0 radical (unpaired) electrons. The van der Waals surface area contributed by atoms with Crippen LogP contribution in [0.5, 0.6) is 0 Å². The predicted octanol–water partition coefficient (Wildman–Crippen LogP) is 2.97. The van der Waals surface area contributed by atoms with Crippen molar-refractivity contribution >= 4 is 40.2 Å². The zero-order chi connectivity index (χ0) is 22.5. The number of benzene rings is 1. The molecule has 0 fully saturated rings. The fourth-order valence-electron chi connectivity index (χ4n) is 2.85. The second-order valence-corrected chi connectivity index (χ2v) is 9.05. The number of thiazole rings is 1. The van der Waals surface area contributed by atoms with E-state index < -0.39 is 23.1 Å². The average Bonchev–Trinajstić information content (AvgIpc) is 3.27. The lowest BCUT2D eigenvalue weighted by Crippen LogP contribution is -2.34. The number of hydrogen-bond donors (Lipinski definition) is 1. The summed E-state index contributed by atoms with van der Waals surface area (Å²) in [5, 5.41) is 12.3. The van der Waals surface area contributed by atoms with Gasteiger partial charge in [0.05, 0.1) is 10.2 Å². The maximum Gasteiger partial charge on any atom is 0.273 e. The Morgan fingerprint density at radius 3 is 2.65 bits per heavy atom. The summed E-state index contributed by atoms with van der Waals surface area (Å²) in [5.74, 6) is -2.41. The van der Waals surface area contributed by atoms with Crippen LogP contribution in [0.4, 0.5) is 8.78 Å². The molecular formula is C22H19F2N3O2S2. The highest BCUT2D eigenvalue weighted by Gasteiger charge is 2.19. The monoisotopic (exact) mass is 459 g/mol. The Hall–Kier alpha value is -3.09. The van der Waals surface area contributed by atoms with Gasteiger partial charge in [-0.3, -0.25) is 14.2 Å². The van der Waals surface area contributed by atoms with Gasteiger partial charge >= 0.3 is 0 Å². The average molecular weight is 460 g/mol. The SMILES string of the molecule is CCCCNC(=O)/C(C#N)=c1\s/c(=C\c2ccc(C)s2)c(=O)n1-c1ccc(F)cc1F. The molecule has 0 atom stereocenters. The quantitative estimate of drug-likeness (QED) is 0.576. The third-order valence-corrected chi connectivity index (χ3v) is 6.42.